The van der Waals surface area contributed by atoms with Crippen LogP contribution in [0.15, 0.2) is 0 Å². The number of carbonyl (C=O) groups is 1. The van der Waals surface area contributed by atoms with Crippen molar-refractivity contribution in [2.75, 3.05) is 0 Å². The highest BCUT2D eigenvalue weighted by Crippen LogP contribution is 2.07. The second-order valence-corrected chi connectivity index (χ2v) is 3.43. The van der Waals surface area contributed by atoms with Gasteiger partial charge in [-0.2, -0.15) is 0 Å². The molecular weight excluding hydrogens is 158 g/mol. The fourth-order valence-corrected chi connectivity index (χ4v) is 1.04. The zero-order valence-corrected chi connectivity index (χ0v) is 7.74. The fraction of sp³-hybridized carbons (Fsp3) is 0.875. The molecule has 72 valence electrons. The van der Waals surface area contributed by atoms with Gasteiger partial charge in [0.2, 0.25) is 0 Å². The first-order valence-corrected chi connectivity index (χ1v) is 4.11. The molecule has 1 amide bonds. The van der Waals surface area contributed by atoms with Crippen LogP contribution in [0, 0.1) is 5.92 Å². The minimum absolute atomic E-state index is 0.359. The van der Waals surface area contributed by atoms with E-state index >= 15 is 0 Å². The second-order valence-electron chi connectivity index (χ2n) is 3.43. The lowest BCUT2D eigenvalue weighted by molar-refractivity contribution is 0.123. The van der Waals surface area contributed by atoms with Crippen LogP contribution in [-0.4, -0.2) is 28.5 Å². The van der Waals surface area contributed by atoms with Gasteiger partial charge in [0.05, 0.1) is 12.1 Å². The molecule has 0 fully saturated rings. The van der Waals surface area contributed by atoms with Gasteiger partial charge in [0.1, 0.15) is 0 Å². The predicted molar refractivity (Wildman–Crippen MR) is 46.1 cm³/mol. The Balaban J connectivity index is 3.95. The fourth-order valence-electron chi connectivity index (χ4n) is 1.04. The van der Waals surface area contributed by atoms with Crippen LogP contribution >= 0.6 is 0 Å². The molecule has 0 aromatic rings. The molecule has 0 saturated heterocycles. The summed E-state index contributed by atoms with van der Waals surface area (Å²) in [5.41, 5.74) is 0. The number of nitrogens with one attached hydrogen (secondary N) is 1. The first-order chi connectivity index (χ1) is 5.43. The summed E-state index contributed by atoms with van der Waals surface area (Å²) in [7, 11) is 0. The Labute approximate surface area is 72.6 Å². The summed E-state index contributed by atoms with van der Waals surface area (Å²) in [6.45, 7) is 5.56. The van der Waals surface area contributed by atoms with Crippen LogP contribution in [0.1, 0.15) is 27.2 Å². The van der Waals surface area contributed by atoms with E-state index in [1.807, 2.05) is 13.8 Å². The molecule has 4 nitrogen and oxygen atoms in total. The SMILES string of the molecule is CC(C)C[C@H](NC(=O)O)C(C)O. The van der Waals surface area contributed by atoms with Gasteiger partial charge in [0, 0.05) is 0 Å². The molecule has 0 aliphatic heterocycles. The van der Waals surface area contributed by atoms with Gasteiger partial charge in [-0.05, 0) is 19.3 Å². The van der Waals surface area contributed by atoms with E-state index in [1.54, 1.807) is 6.92 Å². The van der Waals surface area contributed by atoms with E-state index in [9.17, 15) is 9.90 Å². The summed E-state index contributed by atoms with van der Waals surface area (Å²) in [4.78, 5) is 10.3. The largest absolute Gasteiger partial charge is 0.465 e. The summed E-state index contributed by atoms with van der Waals surface area (Å²) in [5.74, 6) is 0.372. The first kappa shape index (κ1) is 11.2. The van der Waals surface area contributed by atoms with Crippen LogP contribution in [0.2, 0.25) is 0 Å². The summed E-state index contributed by atoms with van der Waals surface area (Å²) in [6, 6.07) is -0.359. The van der Waals surface area contributed by atoms with E-state index in [-0.39, 0.29) is 6.04 Å². The smallest absolute Gasteiger partial charge is 0.404 e. The quantitative estimate of drug-likeness (QED) is 0.598. The third-order valence-electron chi connectivity index (χ3n) is 1.62. The van der Waals surface area contributed by atoms with Crippen molar-refractivity contribution >= 4 is 6.09 Å². The maximum atomic E-state index is 10.3. The van der Waals surface area contributed by atoms with Gasteiger partial charge < -0.3 is 15.5 Å². The molecule has 0 rings (SSSR count). The molecule has 0 aliphatic rings. The van der Waals surface area contributed by atoms with Crippen LogP contribution < -0.4 is 5.32 Å². The van der Waals surface area contributed by atoms with E-state index in [0.717, 1.165) is 0 Å². The predicted octanol–water partition coefficient (Wildman–Crippen LogP) is 1.05. The maximum absolute atomic E-state index is 10.3. The third-order valence-corrected chi connectivity index (χ3v) is 1.62. The molecule has 0 bridgehead atoms. The summed E-state index contributed by atoms with van der Waals surface area (Å²) >= 11 is 0. The summed E-state index contributed by atoms with van der Waals surface area (Å²) in [5, 5.41) is 19.9. The molecular formula is C8H17NO3. The van der Waals surface area contributed by atoms with Gasteiger partial charge in [0.15, 0.2) is 0 Å². The Morgan fingerprint density at radius 2 is 1.92 bits per heavy atom. The highest BCUT2D eigenvalue weighted by molar-refractivity contribution is 5.64. The highest BCUT2D eigenvalue weighted by Gasteiger charge is 2.17. The number of amides is 1. The lowest BCUT2D eigenvalue weighted by Gasteiger charge is -2.21. The number of hydrogen-bond acceptors (Lipinski definition) is 2. The Bertz CT molecular complexity index is 145. The average molecular weight is 175 g/mol. The van der Waals surface area contributed by atoms with E-state index in [0.29, 0.717) is 12.3 Å². The summed E-state index contributed by atoms with van der Waals surface area (Å²) in [6.07, 6.45) is -1.06. The van der Waals surface area contributed by atoms with Crippen LogP contribution in [0.5, 0.6) is 0 Å². The molecule has 3 N–H and O–H groups in total. The molecule has 0 aromatic carbocycles. The van der Waals surface area contributed by atoms with Gasteiger partial charge in [-0.1, -0.05) is 13.8 Å². The van der Waals surface area contributed by atoms with Crippen LogP contribution in [0.25, 0.3) is 0 Å². The lowest BCUT2D eigenvalue weighted by atomic mass is 10.0. The van der Waals surface area contributed by atoms with Crippen LogP contribution in [0.4, 0.5) is 4.79 Å². The highest BCUT2D eigenvalue weighted by atomic mass is 16.4. The number of aliphatic hydroxyl groups excluding tert-OH is 1. The summed E-state index contributed by atoms with van der Waals surface area (Å²) < 4.78 is 0. The molecule has 0 saturated carbocycles. The van der Waals surface area contributed by atoms with E-state index in [4.69, 9.17) is 5.11 Å². The molecule has 0 radical (unpaired) electrons. The second kappa shape index (κ2) is 4.98. The normalized spacial score (nSPS) is 15.8. The van der Waals surface area contributed by atoms with Crippen molar-refractivity contribution < 1.29 is 15.0 Å². The molecule has 12 heavy (non-hydrogen) atoms. The van der Waals surface area contributed by atoms with Crippen molar-refractivity contribution in [1.29, 1.82) is 0 Å². The zero-order valence-electron chi connectivity index (χ0n) is 7.74. The molecule has 2 atom stereocenters. The third kappa shape index (κ3) is 4.96. The topological polar surface area (TPSA) is 69.6 Å². The number of carboxylic acid groups (broad SMARTS) is 1. The maximum Gasteiger partial charge on any atom is 0.404 e. The van der Waals surface area contributed by atoms with Crippen molar-refractivity contribution in [2.24, 2.45) is 5.92 Å². The average Bonchev–Trinajstić information content (AvgIpc) is 1.83. The first-order valence-electron chi connectivity index (χ1n) is 4.11. The Hall–Kier alpha value is -0.770. The monoisotopic (exact) mass is 175 g/mol. The van der Waals surface area contributed by atoms with E-state index in [2.05, 4.69) is 5.32 Å². The number of rotatable bonds is 4. The standard InChI is InChI=1S/C8H17NO3/c1-5(2)4-7(6(3)10)9-8(11)12/h5-7,9-10H,4H2,1-3H3,(H,11,12)/t6?,7-/m0/s1. The molecule has 1 unspecified atom stereocenters. The lowest BCUT2D eigenvalue weighted by Crippen LogP contribution is -2.42. The number of hydrogen-bond donors (Lipinski definition) is 3. The molecule has 0 spiro atoms. The molecule has 4 heteroatoms. The van der Waals surface area contributed by atoms with Crippen molar-refractivity contribution in [2.45, 2.75) is 39.3 Å². The molecule has 0 heterocycles. The Morgan fingerprint density at radius 3 is 2.17 bits per heavy atom. The zero-order chi connectivity index (χ0) is 9.72. The van der Waals surface area contributed by atoms with Gasteiger partial charge in [0.25, 0.3) is 0 Å². The van der Waals surface area contributed by atoms with Crippen molar-refractivity contribution in [3.63, 3.8) is 0 Å². The van der Waals surface area contributed by atoms with Gasteiger partial charge >= 0.3 is 6.09 Å². The Morgan fingerprint density at radius 1 is 1.42 bits per heavy atom. The van der Waals surface area contributed by atoms with Crippen LogP contribution in [-0.2, 0) is 0 Å². The van der Waals surface area contributed by atoms with Crippen molar-refractivity contribution in [3.05, 3.63) is 0 Å². The molecule has 0 aromatic heterocycles. The molecule has 0 aliphatic carbocycles. The van der Waals surface area contributed by atoms with Crippen LogP contribution in [0.3, 0.4) is 0 Å². The van der Waals surface area contributed by atoms with Gasteiger partial charge in [-0.3, -0.25) is 0 Å². The van der Waals surface area contributed by atoms with Gasteiger partial charge in [-0.25, -0.2) is 4.79 Å². The number of aliphatic hydroxyl groups is 1. The van der Waals surface area contributed by atoms with E-state index in [1.165, 1.54) is 0 Å². The van der Waals surface area contributed by atoms with Gasteiger partial charge in [-0.15, -0.1) is 0 Å². The van der Waals surface area contributed by atoms with Crippen molar-refractivity contribution in [1.82, 2.24) is 5.32 Å². The van der Waals surface area contributed by atoms with E-state index < -0.39 is 12.2 Å². The Kier molecular flexibility index (Phi) is 4.66. The minimum Gasteiger partial charge on any atom is -0.465 e. The minimum atomic E-state index is -1.08. The van der Waals surface area contributed by atoms with Crippen molar-refractivity contribution in [3.8, 4) is 0 Å².